The van der Waals surface area contributed by atoms with Gasteiger partial charge in [-0.25, -0.2) is 9.59 Å². The summed E-state index contributed by atoms with van der Waals surface area (Å²) in [5.74, 6) is -1.58. The van der Waals surface area contributed by atoms with Gasteiger partial charge in [0.25, 0.3) is 0 Å². The third kappa shape index (κ3) is 9.51. The van der Waals surface area contributed by atoms with Crippen molar-refractivity contribution in [2.45, 2.75) is 76.2 Å². The molecule has 1 N–H and O–H groups in total. The number of nitrogens with zero attached hydrogens (tertiary/aromatic N) is 2. The highest BCUT2D eigenvalue weighted by Crippen LogP contribution is 2.50. The van der Waals surface area contributed by atoms with E-state index in [2.05, 4.69) is 9.98 Å². The van der Waals surface area contributed by atoms with Gasteiger partial charge in [-0.2, -0.15) is 26.3 Å². The highest BCUT2D eigenvalue weighted by Gasteiger charge is 2.59. The van der Waals surface area contributed by atoms with Gasteiger partial charge in [0.2, 0.25) is 0 Å². The van der Waals surface area contributed by atoms with Crippen molar-refractivity contribution in [2.24, 2.45) is 9.98 Å². The number of benzene rings is 4. The summed E-state index contributed by atoms with van der Waals surface area (Å²) in [5, 5.41) is 9.62. The standard InChI is InChI=1S/C23H22Cl2F3NO2.C19H14Cl2F3NO2/c1-13-7-14(5-6-18(13)20(30)31-21(2,3)4)19-11-22(12-29-19,23(26,27)28)15-8-16(24)10-17(25)9-15;1-10-4-11(2-3-15(10)17(26)27)16-8-18(9-25-16,19(22,23)24)12-5-13(20)7-14(21)6-12/h5-10H,11-12H2,1-4H3;2-7H,8-9H2,1H3,(H,26,27)/t22-;18-/m00/s1. The van der Waals surface area contributed by atoms with Crippen molar-refractivity contribution in [2.75, 3.05) is 13.1 Å². The summed E-state index contributed by atoms with van der Waals surface area (Å²) in [7, 11) is 0. The Labute approximate surface area is 350 Å². The average Bonchev–Trinajstić information content (AvgIpc) is 3.75. The van der Waals surface area contributed by atoms with Crippen LogP contribution in [-0.4, -0.2) is 59.5 Å². The zero-order valence-corrected chi connectivity index (χ0v) is 34.6. The van der Waals surface area contributed by atoms with Gasteiger partial charge in [0.1, 0.15) is 16.4 Å². The van der Waals surface area contributed by atoms with E-state index in [1.165, 1.54) is 48.5 Å². The molecule has 0 radical (unpaired) electrons. The van der Waals surface area contributed by atoms with Crippen LogP contribution >= 0.6 is 46.4 Å². The minimum absolute atomic E-state index is 0.0154. The van der Waals surface area contributed by atoms with Gasteiger partial charge in [-0.1, -0.05) is 58.5 Å². The molecular formula is C42H36Cl4F6N2O4. The lowest BCUT2D eigenvalue weighted by Crippen LogP contribution is -2.43. The molecule has 2 aliphatic heterocycles. The Morgan fingerprint density at radius 1 is 0.621 bits per heavy atom. The number of hydrogen-bond acceptors (Lipinski definition) is 5. The van der Waals surface area contributed by atoms with Crippen LogP contribution in [0.3, 0.4) is 0 Å². The SMILES string of the molecule is Cc1cc(C2=NC[C@@](c3cc(Cl)cc(Cl)c3)(C(F)(F)F)C2)ccc1C(=O)O.Cc1cc(C2=NC[C@@](c3cc(Cl)cc(Cl)c3)(C(F)(F)F)C2)ccc1C(=O)OC(C)(C)C. The highest BCUT2D eigenvalue weighted by atomic mass is 35.5. The van der Waals surface area contributed by atoms with Crippen molar-refractivity contribution in [1.82, 2.24) is 0 Å². The molecule has 0 saturated heterocycles. The molecule has 0 aromatic heterocycles. The minimum atomic E-state index is -4.57. The van der Waals surface area contributed by atoms with Crippen molar-refractivity contribution in [3.63, 3.8) is 0 Å². The number of ether oxygens (including phenoxy) is 1. The van der Waals surface area contributed by atoms with Crippen LogP contribution < -0.4 is 0 Å². The summed E-state index contributed by atoms with van der Waals surface area (Å²) in [6.07, 6.45) is -9.85. The molecule has 16 heteroatoms. The number of carbonyl (C=O) groups is 2. The number of carboxylic acid groups (broad SMARTS) is 1. The second kappa shape index (κ2) is 16.5. The Kier molecular flexibility index (Phi) is 12.8. The fourth-order valence-corrected chi connectivity index (χ4v) is 7.94. The van der Waals surface area contributed by atoms with E-state index in [1.54, 1.807) is 58.9 Å². The van der Waals surface area contributed by atoms with Gasteiger partial charge in [0.15, 0.2) is 0 Å². The Bertz CT molecular complexity index is 2300. The number of aryl methyl sites for hydroxylation is 2. The fourth-order valence-electron chi connectivity index (χ4n) is 6.89. The number of halogens is 10. The summed E-state index contributed by atoms with van der Waals surface area (Å²) in [5.41, 5.74) is -2.04. The van der Waals surface area contributed by atoms with Gasteiger partial charge >= 0.3 is 24.3 Å². The van der Waals surface area contributed by atoms with E-state index in [1.807, 2.05) is 0 Å². The van der Waals surface area contributed by atoms with Crippen LogP contribution in [0.1, 0.15) is 87.7 Å². The Balaban J connectivity index is 0.000000223. The smallest absolute Gasteiger partial charge is 0.400 e. The number of esters is 1. The van der Waals surface area contributed by atoms with E-state index < -0.39 is 53.8 Å². The van der Waals surface area contributed by atoms with Gasteiger partial charge in [-0.05, 0) is 129 Å². The number of rotatable bonds is 6. The molecule has 0 bridgehead atoms. The fraction of sp³-hybridized carbons (Fsp3) is 0.333. The van der Waals surface area contributed by atoms with Crippen molar-refractivity contribution < 1.29 is 45.8 Å². The van der Waals surface area contributed by atoms with E-state index in [-0.39, 0.29) is 55.3 Å². The predicted octanol–water partition coefficient (Wildman–Crippen LogP) is 12.6. The lowest BCUT2D eigenvalue weighted by molar-refractivity contribution is -0.184. The molecule has 2 aliphatic rings. The maximum absolute atomic E-state index is 14.2. The summed E-state index contributed by atoms with van der Waals surface area (Å²) < 4.78 is 90.3. The lowest BCUT2D eigenvalue weighted by atomic mass is 9.76. The Morgan fingerprint density at radius 3 is 1.29 bits per heavy atom. The molecule has 58 heavy (non-hydrogen) atoms. The van der Waals surface area contributed by atoms with E-state index in [0.717, 1.165) is 0 Å². The molecule has 308 valence electrons. The van der Waals surface area contributed by atoms with Crippen LogP contribution in [0.2, 0.25) is 20.1 Å². The molecule has 2 heterocycles. The van der Waals surface area contributed by atoms with Gasteiger partial charge < -0.3 is 9.84 Å². The molecule has 0 unspecified atom stereocenters. The Morgan fingerprint density at radius 2 is 0.983 bits per heavy atom. The third-order valence-corrected chi connectivity index (χ3v) is 10.8. The van der Waals surface area contributed by atoms with Gasteiger partial charge in [0.05, 0.1) is 24.2 Å². The molecule has 6 nitrogen and oxygen atoms in total. The predicted molar refractivity (Wildman–Crippen MR) is 215 cm³/mol. The Hall–Kier alpha value is -4.10. The summed E-state index contributed by atoms with van der Waals surface area (Å²) in [6.45, 7) is 7.65. The maximum Gasteiger partial charge on any atom is 0.400 e. The molecular weight excluding hydrogens is 852 g/mol. The molecule has 4 aromatic carbocycles. The summed E-state index contributed by atoms with van der Waals surface area (Å²) in [4.78, 5) is 31.9. The maximum atomic E-state index is 14.2. The van der Waals surface area contributed by atoms with E-state index in [4.69, 9.17) is 56.2 Å². The molecule has 0 aliphatic carbocycles. The lowest BCUT2D eigenvalue weighted by Gasteiger charge is -2.31. The van der Waals surface area contributed by atoms with Crippen LogP contribution in [0.25, 0.3) is 0 Å². The topological polar surface area (TPSA) is 88.3 Å². The van der Waals surface area contributed by atoms with Crippen LogP contribution in [0.15, 0.2) is 82.8 Å². The zero-order valence-electron chi connectivity index (χ0n) is 31.6. The molecule has 0 fully saturated rings. The number of aliphatic imine (C=N–C) groups is 2. The van der Waals surface area contributed by atoms with Crippen LogP contribution in [0.5, 0.6) is 0 Å². The largest absolute Gasteiger partial charge is 0.478 e. The number of carboxylic acids is 1. The molecule has 2 atom stereocenters. The molecule has 0 amide bonds. The van der Waals surface area contributed by atoms with Gasteiger partial charge in [0, 0.05) is 44.4 Å². The zero-order chi connectivity index (χ0) is 43.2. The molecule has 4 aromatic rings. The first-order valence-corrected chi connectivity index (χ1v) is 19.1. The van der Waals surface area contributed by atoms with E-state index >= 15 is 0 Å². The van der Waals surface area contributed by atoms with Crippen LogP contribution in [-0.2, 0) is 15.6 Å². The normalized spacial score (nSPS) is 19.6. The van der Waals surface area contributed by atoms with Crippen LogP contribution in [0, 0.1) is 13.8 Å². The van der Waals surface area contributed by atoms with Gasteiger partial charge in [-0.3, -0.25) is 9.98 Å². The van der Waals surface area contributed by atoms with Crippen molar-refractivity contribution >= 4 is 69.8 Å². The number of alkyl halides is 6. The first kappa shape index (κ1) is 45.0. The van der Waals surface area contributed by atoms with E-state index in [0.29, 0.717) is 33.5 Å². The van der Waals surface area contributed by atoms with Crippen molar-refractivity contribution in [1.29, 1.82) is 0 Å². The first-order valence-electron chi connectivity index (χ1n) is 17.6. The van der Waals surface area contributed by atoms with Crippen molar-refractivity contribution in [3.05, 3.63) is 137 Å². The number of hydrogen-bond donors (Lipinski definition) is 1. The number of carbonyl (C=O) groups excluding carboxylic acids is 1. The van der Waals surface area contributed by atoms with Crippen LogP contribution in [0.4, 0.5) is 26.3 Å². The second-order valence-corrected chi connectivity index (χ2v) is 17.0. The summed E-state index contributed by atoms with van der Waals surface area (Å²) >= 11 is 23.8. The number of aromatic carboxylic acids is 1. The highest BCUT2D eigenvalue weighted by molar-refractivity contribution is 6.35. The first-order chi connectivity index (χ1) is 26.7. The monoisotopic (exact) mass is 886 g/mol. The molecule has 6 rings (SSSR count). The van der Waals surface area contributed by atoms with E-state index in [9.17, 15) is 35.9 Å². The average molecular weight is 889 g/mol. The van der Waals surface area contributed by atoms with Crippen molar-refractivity contribution in [3.8, 4) is 0 Å². The third-order valence-electron chi connectivity index (χ3n) is 9.90. The second-order valence-electron chi connectivity index (χ2n) is 15.2. The molecule has 0 saturated carbocycles. The quantitative estimate of drug-likeness (QED) is 0.154. The molecule has 0 spiro atoms. The summed E-state index contributed by atoms with van der Waals surface area (Å²) in [6, 6.07) is 17.1. The minimum Gasteiger partial charge on any atom is -0.478 e. The van der Waals surface area contributed by atoms with Gasteiger partial charge in [-0.15, -0.1) is 0 Å².